The van der Waals surface area contributed by atoms with Crippen molar-refractivity contribution in [1.29, 1.82) is 0 Å². The number of aromatic amines is 1. The number of aromatic hydroxyl groups is 1. The molecule has 0 bridgehead atoms. The van der Waals surface area contributed by atoms with E-state index in [1.165, 1.54) is 0 Å². The molecule has 0 aliphatic heterocycles. The molecular formula is C34H27N7O3. The number of nitrogens with zero attached hydrogens (tertiary/aromatic N) is 5. The highest BCUT2D eigenvalue weighted by Gasteiger charge is 2.15. The highest BCUT2D eigenvalue weighted by atomic mass is 16.5. The second-order valence-corrected chi connectivity index (χ2v) is 10.3. The number of amides is 1. The molecular weight excluding hydrogens is 554 g/mol. The molecule has 0 aliphatic carbocycles. The van der Waals surface area contributed by atoms with E-state index in [1.54, 1.807) is 56.0 Å². The number of phenolic OH excluding ortho intramolecular Hbond substituents is 1. The molecule has 0 spiro atoms. The Bertz CT molecular complexity index is 2130. The van der Waals surface area contributed by atoms with E-state index in [-0.39, 0.29) is 11.7 Å². The molecule has 44 heavy (non-hydrogen) atoms. The SMILES string of the molecule is COc1ncccc1-c1ccc(O)c(-c2nc3ccc(C(=O)Nc4ccc(CCn5cnc6cnccc65)cc4)cc3[nH]2)c1. The van der Waals surface area contributed by atoms with Crippen LogP contribution in [-0.4, -0.2) is 47.6 Å². The highest BCUT2D eigenvalue weighted by Crippen LogP contribution is 2.35. The minimum Gasteiger partial charge on any atom is -0.507 e. The van der Waals surface area contributed by atoms with Gasteiger partial charge in [0.2, 0.25) is 5.88 Å². The fourth-order valence-corrected chi connectivity index (χ4v) is 5.25. The summed E-state index contributed by atoms with van der Waals surface area (Å²) >= 11 is 0. The maximum atomic E-state index is 13.1. The lowest BCUT2D eigenvalue weighted by Crippen LogP contribution is -2.11. The zero-order valence-corrected chi connectivity index (χ0v) is 23.7. The summed E-state index contributed by atoms with van der Waals surface area (Å²) in [5, 5.41) is 13.6. The van der Waals surface area contributed by atoms with Gasteiger partial charge >= 0.3 is 0 Å². The number of nitrogens with one attached hydrogen (secondary N) is 2. The molecule has 0 radical (unpaired) electrons. The quantitative estimate of drug-likeness (QED) is 0.193. The minimum atomic E-state index is -0.234. The molecule has 0 saturated heterocycles. The number of carbonyl (C=O) groups is 1. The number of hydrogen-bond acceptors (Lipinski definition) is 7. The molecule has 3 aromatic carbocycles. The number of carbonyl (C=O) groups excluding carboxylic acids is 1. The molecule has 3 N–H and O–H groups in total. The molecule has 10 heteroatoms. The lowest BCUT2D eigenvalue weighted by molar-refractivity contribution is 0.102. The van der Waals surface area contributed by atoms with Crippen molar-refractivity contribution >= 4 is 33.7 Å². The van der Waals surface area contributed by atoms with E-state index in [4.69, 9.17) is 4.74 Å². The fourth-order valence-electron chi connectivity index (χ4n) is 5.25. The number of rotatable bonds is 8. The van der Waals surface area contributed by atoms with Crippen LogP contribution in [0.5, 0.6) is 11.6 Å². The Morgan fingerprint density at radius 3 is 2.70 bits per heavy atom. The van der Waals surface area contributed by atoms with Crippen molar-refractivity contribution in [2.75, 3.05) is 12.4 Å². The molecule has 7 rings (SSSR count). The van der Waals surface area contributed by atoms with Crippen molar-refractivity contribution in [2.45, 2.75) is 13.0 Å². The zero-order valence-electron chi connectivity index (χ0n) is 23.7. The van der Waals surface area contributed by atoms with Crippen LogP contribution in [0.4, 0.5) is 5.69 Å². The summed E-state index contributed by atoms with van der Waals surface area (Å²) in [5.41, 5.74) is 7.76. The second-order valence-electron chi connectivity index (χ2n) is 10.3. The highest BCUT2D eigenvalue weighted by molar-refractivity contribution is 6.06. The van der Waals surface area contributed by atoms with E-state index in [9.17, 15) is 9.90 Å². The van der Waals surface area contributed by atoms with Gasteiger partial charge in [-0.05, 0) is 78.2 Å². The van der Waals surface area contributed by atoms with E-state index in [2.05, 4.69) is 34.8 Å². The molecule has 4 heterocycles. The van der Waals surface area contributed by atoms with Gasteiger partial charge in [0.25, 0.3) is 5.91 Å². The predicted molar refractivity (Wildman–Crippen MR) is 169 cm³/mol. The molecule has 0 atom stereocenters. The van der Waals surface area contributed by atoms with Gasteiger partial charge in [-0.3, -0.25) is 9.78 Å². The first-order valence-electron chi connectivity index (χ1n) is 14.0. The third kappa shape index (κ3) is 5.20. The Hall–Kier alpha value is -6.03. The van der Waals surface area contributed by atoms with Gasteiger partial charge in [0.05, 0.1) is 41.7 Å². The first-order valence-corrected chi connectivity index (χ1v) is 14.0. The van der Waals surface area contributed by atoms with Gasteiger partial charge < -0.3 is 24.7 Å². The van der Waals surface area contributed by atoms with Crippen molar-refractivity contribution in [3.8, 4) is 34.1 Å². The van der Waals surface area contributed by atoms with E-state index in [0.29, 0.717) is 39.6 Å². The normalized spacial score (nSPS) is 11.2. The summed E-state index contributed by atoms with van der Waals surface area (Å²) in [6.45, 7) is 0.790. The number of benzene rings is 3. The molecule has 0 fully saturated rings. The molecule has 0 saturated carbocycles. The summed E-state index contributed by atoms with van der Waals surface area (Å²) in [6, 6.07) is 24.1. The maximum Gasteiger partial charge on any atom is 0.255 e. The topological polar surface area (TPSA) is 131 Å². The summed E-state index contributed by atoms with van der Waals surface area (Å²) in [4.78, 5) is 33.8. The lowest BCUT2D eigenvalue weighted by Gasteiger charge is -2.09. The molecule has 10 nitrogen and oxygen atoms in total. The number of phenols is 1. The van der Waals surface area contributed by atoms with Gasteiger partial charge in [-0.25, -0.2) is 15.0 Å². The zero-order chi connectivity index (χ0) is 30.0. The smallest absolute Gasteiger partial charge is 0.255 e. The number of methoxy groups -OCH3 is 1. The van der Waals surface area contributed by atoms with Crippen molar-refractivity contribution in [3.05, 3.63) is 115 Å². The van der Waals surface area contributed by atoms with Crippen molar-refractivity contribution in [3.63, 3.8) is 0 Å². The van der Waals surface area contributed by atoms with Gasteiger partial charge in [0, 0.05) is 35.8 Å². The van der Waals surface area contributed by atoms with Crippen LogP contribution in [0.3, 0.4) is 0 Å². The van der Waals surface area contributed by atoms with Crippen molar-refractivity contribution in [1.82, 2.24) is 29.5 Å². The molecule has 7 aromatic rings. The first-order chi connectivity index (χ1) is 21.6. The van der Waals surface area contributed by atoms with Gasteiger partial charge in [-0.15, -0.1) is 0 Å². The molecule has 0 aliphatic rings. The van der Waals surface area contributed by atoms with Crippen LogP contribution < -0.4 is 10.1 Å². The maximum absolute atomic E-state index is 13.1. The number of imidazole rings is 2. The number of ether oxygens (including phenoxy) is 1. The molecule has 216 valence electrons. The van der Waals surface area contributed by atoms with Gasteiger partial charge in [0.15, 0.2) is 0 Å². The van der Waals surface area contributed by atoms with Crippen LogP contribution in [0.25, 0.3) is 44.6 Å². The Balaban J connectivity index is 1.06. The number of aryl methyl sites for hydroxylation is 2. The van der Waals surface area contributed by atoms with Crippen molar-refractivity contribution in [2.24, 2.45) is 0 Å². The van der Waals surface area contributed by atoms with Gasteiger partial charge in [-0.2, -0.15) is 0 Å². The molecule has 1 amide bonds. The lowest BCUT2D eigenvalue weighted by atomic mass is 10.0. The Morgan fingerprint density at radius 1 is 0.955 bits per heavy atom. The van der Waals surface area contributed by atoms with Gasteiger partial charge in [-0.1, -0.05) is 18.2 Å². The Morgan fingerprint density at radius 2 is 1.84 bits per heavy atom. The average Bonchev–Trinajstić information content (AvgIpc) is 3.68. The predicted octanol–water partition coefficient (Wildman–Crippen LogP) is 6.25. The molecule has 4 aromatic heterocycles. The third-order valence-corrected chi connectivity index (χ3v) is 7.55. The van der Waals surface area contributed by atoms with Crippen LogP contribution >= 0.6 is 0 Å². The number of H-pyrrole nitrogens is 1. The standard InChI is InChI=1S/C34H27N7O3/c1-44-34-25(3-2-14-36-34)22-7-11-31(42)26(17-22)32-39-27-10-6-23(18-28(27)40-32)33(43)38-24-8-4-21(5-9-24)13-16-41-20-37-29-19-35-15-12-30(29)41/h2-12,14-15,17-20,42H,13,16H2,1H3,(H,38,43)(H,39,40). The number of fused-ring (bicyclic) bond motifs is 2. The largest absolute Gasteiger partial charge is 0.507 e. The van der Waals surface area contributed by atoms with Crippen LogP contribution in [0.2, 0.25) is 0 Å². The molecule has 0 unspecified atom stereocenters. The van der Waals surface area contributed by atoms with E-state index in [1.807, 2.05) is 54.9 Å². The van der Waals surface area contributed by atoms with E-state index < -0.39 is 0 Å². The summed E-state index contributed by atoms with van der Waals surface area (Å²) in [5.74, 6) is 0.812. The number of hydrogen-bond donors (Lipinski definition) is 3. The van der Waals surface area contributed by atoms with Crippen LogP contribution in [0.15, 0.2) is 104 Å². The van der Waals surface area contributed by atoms with E-state index >= 15 is 0 Å². The van der Waals surface area contributed by atoms with Crippen LogP contribution in [0.1, 0.15) is 15.9 Å². The summed E-state index contributed by atoms with van der Waals surface area (Å²) < 4.78 is 7.52. The summed E-state index contributed by atoms with van der Waals surface area (Å²) in [7, 11) is 1.57. The minimum absolute atomic E-state index is 0.0766. The average molecular weight is 582 g/mol. The third-order valence-electron chi connectivity index (χ3n) is 7.55. The first kappa shape index (κ1) is 26.8. The summed E-state index contributed by atoms with van der Waals surface area (Å²) in [6.07, 6.45) is 7.86. The van der Waals surface area contributed by atoms with Gasteiger partial charge in [0.1, 0.15) is 17.1 Å². The van der Waals surface area contributed by atoms with Crippen LogP contribution in [0, 0.1) is 0 Å². The van der Waals surface area contributed by atoms with Crippen molar-refractivity contribution < 1.29 is 14.6 Å². The second kappa shape index (κ2) is 11.3. The number of pyridine rings is 2. The monoisotopic (exact) mass is 581 g/mol. The Kier molecular flexibility index (Phi) is 6.91. The van der Waals surface area contributed by atoms with Crippen LogP contribution in [-0.2, 0) is 13.0 Å². The number of anilines is 1. The fraction of sp³-hybridized carbons (Fsp3) is 0.0882. The van der Waals surface area contributed by atoms with E-state index in [0.717, 1.165) is 40.7 Å². The number of aromatic nitrogens is 6. The Labute approximate surface area is 252 Å².